The van der Waals surface area contributed by atoms with Gasteiger partial charge in [-0.25, -0.2) is 0 Å². The zero-order valence-electron chi connectivity index (χ0n) is 13.6. The van der Waals surface area contributed by atoms with Crippen molar-refractivity contribution < 1.29 is 9.59 Å². The van der Waals surface area contributed by atoms with Gasteiger partial charge in [0.15, 0.2) is 0 Å². The van der Waals surface area contributed by atoms with Gasteiger partial charge in [0.25, 0.3) is 0 Å². The van der Waals surface area contributed by atoms with Crippen molar-refractivity contribution in [2.45, 2.75) is 39.8 Å². The molecule has 6 nitrogen and oxygen atoms in total. The number of rotatable bonds is 4. The average molecular weight is 324 g/mol. The molecule has 1 atom stereocenters. The maximum absolute atomic E-state index is 12.4. The van der Waals surface area contributed by atoms with Crippen LogP contribution in [0, 0.1) is 5.41 Å². The Balaban J connectivity index is 1.93. The lowest BCUT2D eigenvalue weighted by Crippen LogP contribution is -2.47. The van der Waals surface area contributed by atoms with E-state index in [1.165, 1.54) is 0 Å². The molecule has 2 heterocycles. The minimum Gasteiger partial charge on any atom is -0.349 e. The molecule has 0 aromatic carbocycles. The van der Waals surface area contributed by atoms with E-state index < -0.39 is 0 Å². The van der Waals surface area contributed by atoms with E-state index >= 15 is 0 Å². The molecule has 0 saturated carbocycles. The number of hydrogen-bond donors (Lipinski definition) is 1. The summed E-state index contributed by atoms with van der Waals surface area (Å²) in [7, 11) is 1.84. The number of thioether (sulfide) groups is 1. The molecule has 7 heteroatoms. The van der Waals surface area contributed by atoms with Crippen LogP contribution in [0.1, 0.15) is 32.9 Å². The van der Waals surface area contributed by atoms with Crippen LogP contribution in [0.2, 0.25) is 0 Å². The summed E-state index contributed by atoms with van der Waals surface area (Å²) in [5, 5.41) is 6.98. The third-order valence-electron chi connectivity index (χ3n) is 3.55. The number of amides is 2. The molecule has 1 unspecified atom stereocenters. The highest BCUT2D eigenvalue weighted by Crippen LogP contribution is 2.26. The van der Waals surface area contributed by atoms with Crippen LogP contribution in [0.4, 0.5) is 0 Å². The van der Waals surface area contributed by atoms with E-state index in [9.17, 15) is 9.59 Å². The Kier molecular flexibility index (Phi) is 5.16. The fraction of sp³-hybridized carbons (Fsp3) is 0.667. The van der Waals surface area contributed by atoms with Crippen molar-refractivity contribution in [1.29, 1.82) is 0 Å². The summed E-state index contributed by atoms with van der Waals surface area (Å²) in [4.78, 5) is 26.5. The largest absolute Gasteiger partial charge is 0.349 e. The Bertz CT molecular complexity index is 550. The van der Waals surface area contributed by atoms with Crippen molar-refractivity contribution in [2.75, 3.05) is 11.6 Å². The van der Waals surface area contributed by atoms with Gasteiger partial charge in [-0.15, -0.1) is 11.8 Å². The first-order valence-corrected chi connectivity index (χ1v) is 8.55. The van der Waals surface area contributed by atoms with Crippen LogP contribution in [-0.4, -0.2) is 44.2 Å². The second kappa shape index (κ2) is 6.73. The highest BCUT2D eigenvalue weighted by atomic mass is 32.2. The van der Waals surface area contributed by atoms with Gasteiger partial charge < -0.3 is 10.2 Å². The van der Waals surface area contributed by atoms with Crippen LogP contribution in [0.15, 0.2) is 12.3 Å². The minimum atomic E-state index is -0.368. The Morgan fingerprint density at radius 2 is 2.18 bits per heavy atom. The molecule has 0 aliphatic carbocycles. The van der Waals surface area contributed by atoms with Gasteiger partial charge in [-0.2, -0.15) is 5.10 Å². The molecule has 22 heavy (non-hydrogen) atoms. The number of hydrogen-bond acceptors (Lipinski definition) is 4. The Labute approximate surface area is 135 Å². The van der Waals surface area contributed by atoms with Crippen LogP contribution in [0.3, 0.4) is 0 Å². The molecule has 0 bridgehead atoms. The normalized spacial score (nSPS) is 18.5. The van der Waals surface area contributed by atoms with Crippen LogP contribution >= 0.6 is 11.8 Å². The molecular weight excluding hydrogens is 300 g/mol. The molecule has 1 aromatic heterocycles. The fourth-order valence-corrected chi connectivity index (χ4v) is 3.51. The fourth-order valence-electron chi connectivity index (χ4n) is 2.33. The molecule has 1 N–H and O–H groups in total. The molecule has 2 rings (SSSR count). The molecule has 0 spiro atoms. The van der Waals surface area contributed by atoms with E-state index in [1.807, 2.05) is 33.9 Å². The zero-order valence-corrected chi connectivity index (χ0v) is 14.4. The lowest BCUT2D eigenvalue weighted by molar-refractivity contribution is -0.139. The molecule has 0 radical (unpaired) electrons. The van der Waals surface area contributed by atoms with Gasteiger partial charge in [-0.3, -0.25) is 14.3 Å². The smallest absolute Gasteiger partial charge is 0.244 e. The summed E-state index contributed by atoms with van der Waals surface area (Å²) in [6.45, 7) is 6.53. The van der Waals surface area contributed by atoms with Gasteiger partial charge in [0.1, 0.15) is 6.04 Å². The Hall–Kier alpha value is -1.50. The molecule has 1 saturated heterocycles. The predicted octanol–water partition coefficient (Wildman–Crippen LogP) is 1.37. The molecule has 2 amide bonds. The lowest BCUT2D eigenvalue weighted by atomic mass is 9.91. The van der Waals surface area contributed by atoms with Crippen LogP contribution in [0.5, 0.6) is 0 Å². The highest BCUT2D eigenvalue weighted by molar-refractivity contribution is 7.99. The van der Waals surface area contributed by atoms with Crippen molar-refractivity contribution in [3.63, 3.8) is 0 Å². The summed E-state index contributed by atoms with van der Waals surface area (Å²) in [6.07, 6.45) is 2.16. The van der Waals surface area contributed by atoms with Gasteiger partial charge in [0, 0.05) is 25.4 Å². The number of nitrogens with one attached hydrogen (secondary N) is 1. The zero-order chi connectivity index (χ0) is 16.3. The van der Waals surface area contributed by atoms with Crippen molar-refractivity contribution in [2.24, 2.45) is 12.5 Å². The highest BCUT2D eigenvalue weighted by Gasteiger charge is 2.35. The maximum Gasteiger partial charge on any atom is 0.244 e. The number of aromatic nitrogens is 2. The van der Waals surface area contributed by atoms with E-state index in [4.69, 9.17) is 0 Å². The second-order valence-electron chi connectivity index (χ2n) is 6.78. The standard InChI is InChI=1S/C15H24N4O2S/c1-15(2,3)7-13(20)19-10-22-9-12(19)14(21)16-8-11-5-6-17-18(11)4/h5-6,12H,7-10H2,1-4H3,(H,16,21). The van der Waals surface area contributed by atoms with Crippen molar-refractivity contribution in [3.05, 3.63) is 18.0 Å². The number of aryl methyl sites for hydroxylation is 1. The summed E-state index contributed by atoms with van der Waals surface area (Å²) in [5.41, 5.74) is 0.867. The Morgan fingerprint density at radius 3 is 2.77 bits per heavy atom. The molecule has 122 valence electrons. The predicted molar refractivity (Wildman–Crippen MR) is 87.1 cm³/mol. The summed E-state index contributed by atoms with van der Waals surface area (Å²) >= 11 is 1.63. The minimum absolute atomic E-state index is 0.0539. The topological polar surface area (TPSA) is 67.2 Å². The van der Waals surface area contributed by atoms with Crippen molar-refractivity contribution in [1.82, 2.24) is 20.0 Å². The van der Waals surface area contributed by atoms with E-state index in [2.05, 4.69) is 10.4 Å². The van der Waals surface area contributed by atoms with Crippen molar-refractivity contribution in [3.8, 4) is 0 Å². The summed E-state index contributed by atoms with van der Waals surface area (Å²) in [6, 6.07) is 1.50. The number of nitrogens with zero attached hydrogens (tertiary/aromatic N) is 3. The van der Waals surface area contributed by atoms with Gasteiger partial charge in [-0.05, 0) is 11.5 Å². The van der Waals surface area contributed by atoms with E-state index in [0.717, 1.165) is 5.69 Å². The van der Waals surface area contributed by atoms with Gasteiger partial charge in [0.05, 0.1) is 18.1 Å². The Morgan fingerprint density at radius 1 is 1.45 bits per heavy atom. The molecular formula is C15H24N4O2S. The summed E-state index contributed by atoms with van der Waals surface area (Å²) < 4.78 is 1.73. The summed E-state index contributed by atoms with van der Waals surface area (Å²) in [5.74, 6) is 1.22. The number of carbonyl (C=O) groups excluding carboxylic acids is 2. The van der Waals surface area contributed by atoms with Crippen LogP contribution < -0.4 is 5.32 Å². The number of carbonyl (C=O) groups is 2. The van der Waals surface area contributed by atoms with Gasteiger partial charge in [0.2, 0.25) is 11.8 Å². The quantitative estimate of drug-likeness (QED) is 0.908. The van der Waals surface area contributed by atoms with E-state index in [1.54, 1.807) is 27.5 Å². The monoisotopic (exact) mass is 324 g/mol. The molecule has 1 aliphatic rings. The lowest BCUT2D eigenvalue weighted by Gasteiger charge is -2.26. The van der Waals surface area contributed by atoms with E-state index in [-0.39, 0.29) is 23.3 Å². The van der Waals surface area contributed by atoms with Gasteiger partial charge >= 0.3 is 0 Å². The van der Waals surface area contributed by atoms with E-state index in [0.29, 0.717) is 24.6 Å². The maximum atomic E-state index is 12.4. The first kappa shape index (κ1) is 16.9. The SMILES string of the molecule is Cn1nccc1CNC(=O)C1CSCN1C(=O)CC(C)(C)C. The first-order valence-electron chi connectivity index (χ1n) is 7.40. The van der Waals surface area contributed by atoms with Crippen molar-refractivity contribution >= 4 is 23.6 Å². The molecule has 1 fully saturated rings. The third-order valence-corrected chi connectivity index (χ3v) is 4.57. The second-order valence-corrected chi connectivity index (χ2v) is 7.78. The van der Waals surface area contributed by atoms with Gasteiger partial charge in [-0.1, -0.05) is 20.8 Å². The third kappa shape index (κ3) is 4.25. The molecule has 1 aliphatic heterocycles. The van der Waals surface area contributed by atoms with Crippen LogP contribution in [-0.2, 0) is 23.2 Å². The first-order chi connectivity index (χ1) is 10.3. The average Bonchev–Trinajstić information content (AvgIpc) is 3.02. The molecule has 1 aromatic rings. The van der Waals surface area contributed by atoms with Crippen LogP contribution in [0.25, 0.3) is 0 Å².